The normalized spacial score (nSPS) is 26.4. The Balaban J connectivity index is 1.31. The number of piperazine rings is 1. The smallest absolute Gasteiger partial charge is 0.126 e. The van der Waals surface area contributed by atoms with Gasteiger partial charge in [0.05, 0.1) is 0 Å². The van der Waals surface area contributed by atoms with E-state index >= 15 is 0 Å². The fourth-order valence-corrected chi connectivity index (χ4v) is 4.46. The van der Waals surface area contributed by atoms with E-state index in [-0.39, 0.29) is 23.8 Å². The molecule has 0 aromatic heterocycles. The molecule has 0 unspecified atom stereocenters. The van der Waals surface area contributed by atoms with Gasteiger partial charge in [-0.1, -0.05) is 18.2 Å². The van der Waals surface area contributed by atoms with Crippen molar-refractivity contribution in [2.75, 3.05) is 26.2 Å². The van der Waals surface area contributed by atoms with Crippen LogP contribution in [-0.2, 0) is 6.54 Å². The molecule has 2 aliphatic rings. The quantitative estimate of drug-likeness (QED) is 0.831. The van der Waals surface area contributed by atoms with Gasteiger partial charge in [-0.3, -0.25) is 9.80 Å². The first-order valence-electron chi connectivity index (χ1n) is 10.4. The molecule has 1 saturated carbocycles. The second kappa shape index (κ2) is 9.20. The van der Waals surface area contributed by atoms with Crippen LogP contribution in [0.15, 0.2) is 48.5 Å². The average molecular weight is 402 g/mol. The zero-order chi connectivity index (χ0) is 20.2. The van der Waals surface area contributed by atoms with Gasteiger partial charge in [-0.15, -0.1) is 0 Å². The topological polar surface area (TPSA) is 35.9 Å². The molecule has 4 nitrogen and oxygen atoms in total. The molecule has 0 amide bonds. The molecule has 4 rings (SSSR count). The fraction of sp³-hybridized carbons (Fsp3) is 0.478. The highest BCUT2D eigenvalue weighted by molar-refractivity contribution is 5.23. The van der Waals surface area contributed by atoms with Crippen LogP contribution < -0.4 is 4.74 Å². The van der Waals surface area contributed by atoms with Crippen molar-refractivity contribution in [2.45, 2.75) is 44.1 Å². The Hall–Kier alpha value is -2.02. The van der Waals surface area contributed by atoms with Gasteiger partial charge in [0.25, 0.3) is 0 Å². The minimum Gasteiger partial charge on any atom is -0.488 e. The Morgan fingerprint density at radius 2 is 1.69 bits per heavy atom. The third kappa shape index (κ3) is 5.13. The highest BCUT2D eigenvalue weighted by atomic mass is 19.1. The van der Waals surface area contributed by atoms with Crippen molar-refractivity contribution >= 4 is 0 Å². The van der Waals surface area contributed by atoms with Crippen LogP contribution in [0.5, 0.6) is 5.75 Å². The summed E-state index contributed by atoms with van der Waals surface area (Å²) in [5.41, 5.74) is 1.11. The molecule has 1 heterocycles. The van der Waals surface area contributed by atoms with Crippen LogP contribution in [0.3, 0.4) is 0 Å². The molecule has 1 saturated heterocycles. The van der Waals surface area contributed by atoms with E-state index < -0.39 is 6.10 Å². The molecule has 0 radical (unpaired) electrons. The van der Waals surface area contributed by atoms with Gasteiger partial charge in [0.15, 0.2) is 0 Å². The van der Waals surface area contributed by atoms with Gasteiger partial charge in [-0.05, 0) is 49.1 Å². The van der Waals surface area contributed by atoms with Crippen LogP contribution in [0.4, 0.5) is 8.78 Å². The second-order valence-electron chi connectivity index (χ2n) is 8.04. The molecule has 6 heteroatoms. The molecular formula is C23H28F2N2O2. The lowest BCUT2D eigenvalue weighted by molar-refractivity contribution is -0.0637. The number of aliphatic hydroxyl groups is 1. The summed E-state index contributed by atoms with van der Waals surface area (Å²) in [5.74, 6) is -0.0692. The minimum absolute atomic E-state index is 0.0651. The van der Waals surface area contributed by atoms with Gasteiger partial charge in [-0.25, -0.2) is 8.78 Å². The van der Waals surface area contributed by atoms with E-state index in [1.54, 1.807) is 12.1 Å². The van der Waals surface area contributed by atoms with Gasteiger partial charge in [0.1, 0.15) is 29.6 Å². The molecular weight excluding hydrogens is 374 g/mol. The fourth-order valence-electron chi connectivity index (χ4n) is 4.46. The molecule has 3 atom stereocenters. The zero-order valence-electron chi connectivity index (χ0n) is 16.5. The summed E-state index contributed by atoms with van der Waals surface area (Å²) in [7, 11) is 0. The monoisotopic (exact) mass is 402 g/mol. The Kier molecular flexibility index (Phi) is 6.43. The standard InChI is InChI=1S/C23H28F2N2O2/c24-18-9-7-17(8-10-18)16-26-11-13-27(14-12-26)21-5-2-6-22(23(21)28)29-20-4-1-3-19(25)15-20/h1,3-4,7-10,15,21-23,28H,2,5-6,11-14,16H2/t21-,22+,23+/m0/s1. The van der Waals surface area contributed by atoms with Gasteiger partial charge in [0.2, 0.25) is 0 Å². The lowest BCUT2D eigenvalue weighted by Gasteiger charge is -2.44. The molecule has 156 valence electrons. The molecule has 1 aliphatic heterocycles. The molecule has 0 bridgehead atoms. The summed E-state index contributed by atoms with van der Waals surface area (Å²) in [6.07, 6.45) is 1.81. The molecule has 1 N–H and O–H groups in total. The lowest BCUT2D eigenvalue weighted by atomic mass is 9.88. The van der Waals surface area contributed by atoms with Crippen LogP contribution >= 0.6 is 0 Å². The van der Waals surface area contributed by atoms with Crippen LogP contribution in [-0.4, -0.2) is 59.3 Å². The number of rotatable bonds is 5. The van der Waals surface area contributed by atoms with Gasteiger partial charge in [-0.2, -0.15) is 0 Å². The van der Waals surface area contributed by atoms with E-state index in [1.165, 1.54) is 24.3 Å². The zero-order valence-corrected chi connectivity index (χ0v) is 16.5. The molecule has 2 aromatic carbocycles. The van der Waals surface area contributed by atoms with Crippen LogP contribution in [0.2, 0.25) is 0 Å². The first kappa shape index (κ1) is 20.3. The Bertz CT molecular complexity index is 794. The largest absolute Gasteiger partial charge is 0.488 e. The van der Waals surface area contributed by atoms with Crippen molar-refractivity contribution in [1.29, 1.82) is 0 Å². The Morgan fingerprint density at radius 1 is 0.931 bits per heavy atom. The summed E-state index contributed by atoms with van der Waals surface area (Å²) in [4.78, 5) is 4.71. The van der Waals surface area contributed by atoms with Crippen LogP contribution in [0.25, 0.3) is 0 Å². The summed E-state index contributed by atoms with van der Waals surface area (Å²) in [5, 5.41) is 10.9. The molecule has 29 heavy (non-hydrogen) atoms. The lowest BCUT2D eigenvalue weighted by Crippen LogP contribution is -2.57. The van der Waals surface area contributed by atoms with Crippen molar-refractivity contribution in [3.63, 3.8) is 0 Å². The van der Waals surface area contributed by atoms with Gasteiger partial charge < -0.3 is 9.84 Å². The number of ether oxygens (including phenoxy) is 1. The highest BCUT2D eigenvalue weighted by Crippen LogP contribution is 2.28. The molecule has 2 aromatic rings. The molecule has 0 spiro atoms. The maximum Gasteiger partial charge on any atom is 0.126 e. The van der Waals surface area contributed by atoms with E-state index in [0.29, 0.717) is 5.75 Å². The van der Waals surface area contributed by atoms with Gasteiger partial charge >= 0.3 is 0 Å². The van der Waals surface area contributed by atoms with Crippen molar-refractivity contribution in [3.05, 3.63) is 65.7 Å². The van der Waals surface area contributed by atoms with E-state index in [2.05, 4.69) is 9.80 Å². The molecule has 1 aliphatic carbocycles. The van der Waals surface area contributed by atoms with E-state index in [0.717, 1.165) is 57.5 Å². The van der Waals surface area contributed by atoms with Crippen molar-refractivity contribution in [1.82, 2.24) is 9.80 Å². The first-order valence-corrected chi connectivity index (χ1v) is 10.4. The maximum atomic E-state index is 13.4. The summed E-state index contributed by atoms with van der Waals surface area (Å²) in [6.45, 7) is 4.41. The average Bonchev–Trinajstić information content (AvgIpc) is 2.72. The van der Waals surface area contributed by atoms with E-state index in [1.807, 2.05) is 12.1 Å². The Morgan fingerprint density at radius 3 is 2.41 bits per heavy atom. The SMILES string of the molecule is O[C@H]1[C@H](Oc2cccc(F)c2)CCC[C@@H]1N1CCN(Cc2ccc(F)cc2)CC1. The molecule has 2 fully saturated rings. The summed E-state index contributed by atoms with van der Waals surface area (Å²) < 4.78 is 32.4. The number of halogens is 2. The number of benzene rings is 2. The van der Waals surface area contributed by atoms with E-state index in [4.69, 9.17) is 4.74 Å². The second-order valence-corrected chi connectivity index (χ2v) is 8.04. The predicted molar refractivity (Wildman–Crippen MR) is 108 cm³/mol. The minimum atomic E-state index is -0.587. The third-order valence-corrected chi connectivity index (χ3v) is 6.04. The van der Waals surface area contributed by atoms with Crippen molar-refractivity contribution in [2.24, 2.45) is 0 Å². The van der Waals surface area contributed by atoms with Crippen molar-refractivity contribution in [3.8, 4) is 5.75 Å². The van der Waals surface area contributed by atoms with Crippen molar-refractivity contribution < 1.29 is 18.6 Å². The first-order chi connectivity index (χ1) is 14.1. The Labute approximate surface area is 170 Å². The summed E-state index contributed by atoms with van der Waals surface area (Å²) in [6, 6.07) is 12.8. The maximum absolute atomic E-state index is 13.4. The number of aliphatic hydroxyl groups excluding tert-OH is 1. The number of hydrogen-bond donors (Lipinski definition) is 1. The number of hydrogen-bond acceptors (Lipinski definition) is 4. The van der Waals surface area contributed by atoms with Crippen LogP contribution in [0, 0.1) is 11.6 Å². The summed E-state index contributed by atoms with van der Waals surface area (Å²) >= 11 is 0. The number of nitrogens with zero attached hydrogens (tertiary/aromatic N) is 2. The van der Waals surface area contributed by atoms with Gasteiger partial charge in [0, 0.05) is 44.8 Å². The third-order valence-electron chi connectivity index (χ3n) is 6.04. The van der Waals surface area contributed by atoms with E-state index in [9.17, 15) is 13.9 Å². The predicted octanol–water partition coefficient (Wildman–Crippen LogP) is 3.44. The highest BCUT2D eigenvalue weighted by Gasteiger charge is 2.37. The van der Waals surface area contributed by atoms with Crippen LogP contribution in [0.1, 0.15) is 24.8 Å².